The number of anilines is 1. The summed E-state index contributed by atoms with van der Waals surface area (Å²) in [5.41, 5.74) is 0.281. The van der Waals surface area contributed by atoms with E-state index in [0.29, 0.717) is 0 Å². The molecule has 0 unspecified atom stereocenters. The predicted octanol–water partition coefficient (Wildman–Crippen LogP) is 2.03. The lowest BCUT2D eigenvalue weighted by Crippen LogP contribution is -2.30. The van der Waals surface area contributed by atoms with Crippen LogP contribution in [0.2, 0.25) is 0 Å². The number of alkyl halides is 2. The number of carbonyl (C=O) groups is 1. The van der Waals surface area contributed by atoms with Crippen LogP contribution in [0.1, 0.15) is 0 Å². The van der Waals surface area contributed by atoms with Gasteiger partial charge in [-0.3, -0.25) is 4.84 Å². The zero-order chi connectivity index (χ0) is 13.3. The smallest absolute Gasteiger partial charge is 0.395 e. The Labute approximate surface area is 101 Å². The summed E-state index contributed by atoms with van der Waals surface area (Å²) in [6.07, 6.45) is -3.67. The summed E-state index contributed by atoms with van der Waals surface area (Å²) < 4.78 is 34.0. The molecule has 1 aliphatic heterocycles. The van der Waals surface area contributed by atoms with Gasteiger partial charge in [-0.2, -0.15) is 0 Å². The molecular formula is C10H10F2N2O4. The number of halogens is 2. The Balaban J connectivity index is 2.12. The molecule has 8 heteroatoms. The molecule has 1 N–H and O–H groups in total. The maximum absolute atomic E-state index is 12.8. The molecule has 0 saturated carbocycles. The lowest BCUT2D eigenvalue weighted by molar-refractivity contribution is -0.286. The van der Waals surface area contributed by atoms with Crippen LogP contribution in [0.3, 0.4) is 0 Å². The summed E-state index contributed by atoms with van der Waals surface area (Å²) in [4.78, 5) is 16.1. The molecule has 0 aromatic heterocycles. The second-order valence-electron chi connectivity index (χ2n) is 3.44. The molecule has 0 fully saturated rings. The highest BCUT2D eigenvalue weighted by Crippen LogP contribution is 2.42. The van der Waals surface area contributed by atoms with Crippen molar-refractivity contribution >= 4 is 11.7 Å². The summed E-state index contributed by atoms with van der Waals surface area (Å²) >= 11 is 0. The van der Waals surface area contributed by atoms with E-state index in [1.165, 1.54) is 32.4 Å². The Morgan fingerprint density at radius 3 is 2.72 bits per heavy atom. The molecule has 0 bridgehead atoms. The van der Waals surface area contributed by atoms with Gasteiger partial charge in [0.15, 0.2) is 11.5 Å². The summed E-state index contributed by atoms with van der Waals surface area (Å²) in [6, 6.07) is 3.37. The Bertz CT molecular complexity index is 481. The zero-order valence-electron chi connectivity index (χ0n) is 9.57. The van der Waals surface area contributed by atoms with E-state index in [-0.39, 0.29) is 17.2 Å². The molecule has 2 rings (SSSR count). The molecule has 1 aromatic carbocycles. The third kappa shape index (κ3) is 2.43. The van der Waals surface area contributed by atoms with E-state index < -0.39 is 12.3 Å². The van der Waals surface area contributed by atoms with E-state index in [0.717, 1.165) is 5.06 Å². The molecule has 0 spiro atoms. The van der Waals surface area contributed by atoms with Crippen molar-refractivity contribution in [2.45, 2.75) is 6.29 Å². The Kier molecular flexibility index (Phi) is 2.95. The first kappa shape index (κ1) is 12.4. The number of amides is 2. The summed E-state index contributed by atoms with van der Waals surface area (Å²) in [6.45, 7) is 0. The van der Waals surface area contributed by atoms with Gasteiger partial charge >= 0.3 is 12.3 Å². The lowest BCUT2D eigenvalue weighted by atomic mass is 10.3. The van der Waals surface area contributed by atoms with Gasteiger partial charge in [0.1, 0.15) is 0 Å². The quantitative estimate of drug-likeness (QED) is 0.826. The number of nitrogens with zero attached hydrogens (tertiary/aromatic N) is 1. The Morgan fingerprint density at radius 2 is 2.06 bits per heavy atom. The zero-order valence-corrected chi connectivity index (χ0v) is 9.57. The topological polar surface area (TPSA) is 60.0 Å². The van der Waals surface area contributed by atoms with Crippen LogP contribution in [0, 0.1) is 0 Å². The van der Waals surface area contributed by atoms with Crippen LogP contribution in [0.25, 0.3) is 0 Å². The molecule has 1 heterocycles. The predicted molar refractivity (Wildman–Crippen MR) is 56.4 cm³/mol. The van der Waals surface area contributed by atoms with Crippen LogP contribution in [0.15, 0.2) is 18.2 Å². The number of hydrogen-bond donors (Lipinski definition) is 1. The number of hydroxylamine groups is 2. The molecule has 0 radical (unpaired) electrons. The first-order valence-corrected chi connectivity index (χ1v) is 4.90. The fraction of sp³-hybridized carbons (Fsp3) is 0.300. The van der Waals surface area contributed by atoms with Gasteiger partial charge in [0.2, 0.25) is 0 Å². The number of ether oxygens (including phenoxy) is 2. The van der Waals surface area contributed by atoms with Crippen molar-refractivity contribution in [2.75, 3.05) is 19.5 Å². The van der Waals surface area contributed by atoms with Gasteiger partial charge in [0.05, 0.1) is 7.11 Å². The number of carbonyl (C=O) groups excluding carboxylic acids is 1. The first-order chi connectivity index (χ1) is 8.41. The largest absolute Gasteiger partial charge is 0.586 e. The Hall–Kier alpha value is -2.09. The van der Waals surface area contributed by atoms with Gasteiger partial charge in [-0.25, -0.2) is 9.86 Å². The molecule has 98 valence electrons. The van der Waals surface area contributed by atoms with Crippen LogP contribution in [-0.2, 0) is 4.84 Å². The van der Waals surface area contributed by atoms with Crippen molar-refractivity contribution < 1.29 is 27.9 Å². The highest BCUT2D eigenvalue weighted by atomic mass is 19.3. The Morgan fingerprint density at radius 1 is 1.39 bits per heavy atom. The van der Waals surface area contributed by atoms with Crippen molar-refractivity contribution in [2.24, 2.45) is 0 Å². The normalized spacial score (nSPS) is 15.3. The maximum Gasteiger partial charge on any atom is 0.586 e. The summed E-state index contributed by atoms with van der Waals surface area (Å²) in [5.74, 6) is -0.226. The van der Waals surface area contributed by atoms with E-state index in [4.69, 9.17) is 0 Å². The van der Waals surface area contributed by atoms with Crippen LogP contribution in [-0.4, -0.2) is 31.5 Å². The monoisotopic (exact) mass is 260 g/mol. The molecule has 1 aliphatic rings. The molecule has 0 saturated heterocycles. The standard InChI is InChI=1S/C10H10F2N2O4/c1-14(16-2)9(15)13-6-3-4-7-8(5-6)18-10(11,12)17-7/h3-5H,1-2H3,(H,13,15). The molecule has 2 amide bonds. The molecule has 0 aliphatic carbocycles. The first-order valence-electron chi connectivity index (χ1n) is 4.90. The minimum atomic E-state index is -3.67. The number of benzene rings is 1. The number of rotatable bonds is 2. The van der Waals surface area contributed by atoms with E-state index >= 15 is 0 Å². The van der Waals surface area contributed by atoms with Crippen LogP contribution in [0.4, 0.5) is 19.3 Å². The number of fused-ring (bicyclic) bond motifs is 1. The maximum atomic E-state index is 12.8. The molecule has 18 heavy (non-hydrogen) atoms. The van der Waals surface area contributed by atoms with Crippen molar-refractivity contribution in [1.82, 2.24) is 5.06 Å². The van der Waals surface area contributed by atoms with Crippen LogP contribution >= 0.6 is 0 Å². The van der Waals surface area contributed by atoms with E-state index in [1.54, 1.807) is 0 Å². The van der Waals surface area contributed by atoms with Gasteiger partial charge in [0.25, 0.3) is 0 Å². The van der Waals surface area contributed by atoms with Gasteiger partial charge in [-0.15, -0.1) is 8.78 Å². The molecule has 6 nitrogen and oxygen atoms in total. The number of hydrogen-bond acceptors (Lipinski definition) is 4. The second kappa shape index (κ2) is 4.30. The van der Waals surface area contributed by atoms with E-state index in [9.17, 15) is 13.6 Å². The van der Waals surface area contributed by atoms with E-state index in [2.05, 4.69) is 19.6 Å². The third-order valence-electron chi connectivity index (χ3n) is 2.21. The third-order valence-corrected chi connectivity index (χ3v) is 2.21. The average molecular weight is 260 g/mol. The second-order valence-corrected chi connectivity index (χ2v) is 3.44. The molecular weight excluding hydrogens is 250 g/mol. The summed E-state index contributed by atoms with van der Waals surface area (Å²) in [7, 11) is 2.72. The van der Waals surface area contributed by atoms with Crippen molar-refractivity contribution in [1.29, 1.82) is 0 Å². The average Bonchev–Trinajstić information content (AvgIpc) is 2.61. The van der Waals surface area contributed by atoms with Gasteiger partial charge in [-0.1, -0.05) is 0 Å². The highest BCUT2D eigenvalue weighted by molar-refractivity contribution is 5.88. The minimum absolute atomic E-state index is 0.0851. The SMILES string of the molecule is CON(C)C(=O)Nc1ccc2c(c1)OC(F)(F)O2. The van der Waals surface area contributed by atoms with Gasteiger partial charge < -0.3 is 14.8 Å². The summed E-state index contributed by atoms with van der Waals surface area (Å²) in [5, 5.41) is 3.37. The van der Waals surface area contributed by atoms with E-state index in [1.807, 2.05) is 0 Å². The van der Waals surface area contributed by atoms with Gasteiger partial charge in [-0.05, 0) is 12.1 Å². The fourth-order valence-electron chi connectivity index (χ4n) is 1.31. The van der Waals surface area contributed by atoms with Crippen molar-refractivity contribution in [3.8, 4) is 11.5 Å². The highest BCUT2D eigenvalue weighted by Gasteiger charge is 2.43. The molecule has 1 aromatic rings. The lowest BCUT2D eigenvalue weighted by Gasteiger charge is -2.14. The molecule has 0 atom stereocenters. The number of nitrogens with one attached hydrogen (secondary N) is 1. The minimum Gasteiger partial charge on any atom is -0.395 e. The van der Waals surface area contributed by atoms with Crippen molar-refractivity contribution in [3.05, 3.63) is 18.2 Å². The number of urea groups is 1. The van der Waals surface area contributed by atoms with Gasteiger partial charge in [0, 0.05) is 18.8 Å². The fourth-order valence-corrected chi connectivity index (χ4v) is 1.31. The van der Waals surface area contributed by atoms with Crippen LogP contribution in [0.5, 0.6) is 11.5 Å². The van der Waals surface area contributed by atoms with Crippen molar-refractivity contribution in [3.63, 3.8) is 0 Å². The van der Waals surface area contributed by atoms with Crippen LogP contribution < -0.4 is 14.8 Å².